The van der Waals surface area contributed by atoms with Crippen molar-refractivity contribution >= 4 is 19.8 Å². The lowest BCUT2D eigenvalue weighted by molar-refractivity contribution is 1.44. The van der Waals surface area contributed by atoms with Gasteiger partial charge in [-0.25, -0.2) is 0 Å². The van der Waals surface area contributed by atoms with Crippen LogP contribution in [-0.4, -0.2) is 8.40 Å². The van der Waals surface area contributed by atoms with Gasteiger partial charge in [-0.05, 0) is 51.2 Å². The number of aryl methyl sites for hydroxylation is 2. The van der Waals surface area contributed by atoms with Gasteiger partial charge in [0.25, 0.3) is 8.40 Å². The largest absolute Gasteiger partial charge is 0.395 e. The molecule has 100 valence electrons. The maximum atomic E-state index is 3.64. The lowest BCUT2D eigenvalue weighted by Gasteiger charge is -2.27. The zero-order chi connectivity index (χ0) is 13.9. The highest BCUT2D eigenvalue weighted by molar-refractivity contribution is 6.83. The second-order valence-corrected chi connectivity index (χ2v) is 9.36. The third-order valence-electron chi connectivity index (χ3n) is 3.02. The molecule has 19 heavy (non-hydrogen) atoms. The Labute approximate surface area is 117 Å². The standard InChI is InChI=1S/C16H22N2Si/c1-13-5-9-15(10-6-13)17-19(3,4)18-16-11-7-14(2)8-12-16/h5-12,17-18H,1-4H3. The first-order valence-electron chi connectivity index (χ1n) is 6.64. The van der Waals surface area contributed by atoms with Crippen LogP contribution in [0.5, 0.6) is 0 Å². The summed E-state index contributed by atoms with van der Waals surface area (Å²) in [6.07, 6.45) is 0. The molecular weight excluding hydrogens is 248 g/mol. The van der Waals surface area contributed by atoms with Crippen LogP contribution in [0.15, 0.2) is 48.5 Å². The van der Waals surface area contributed by atoms with Gasteiger partial charge in [-0.15, -0.1) is 0 Å². The van der Waals surface area contributed by atoms with Crippen LogP contribution >= 0.6 is 0 Å². The maximum absolute atomic E-state index is 3.64. The van der Waals surface area contributed by atoms with Gasteiger partial charge < -0.3 is 9.96 Å². The molecule has 0 radical (unpaired) electrons. The average molecular weight is 270 g/mol. The van der Waals surface area contributed by atoms with Gasteiger partial charge in [0.2, 0.25) is 0 Å². The quantitative estimate of drug-likeness (QED) is 0.798. The molecule has 0 aliphatic rings. The van der Waals surface area contributed by atoms with E-state index in [2.05, 4.69) is 85.4 Å². The van der Waals surface area contributed by atoms with E-state index in [4.69, 9.17) is 0 Å². The zero-order valence-electron chi connectivity index (χ0n) is 12.1. The summed E-state index contributed by atoms with van der Waals surface area (Å²) in [4.78, 5) is 7.27. The van der Waals surface area contributed by atoms with Crippen LogP contribution in [0.3, 0.4) is 0 Å². The molecule has 0 heterocycles. The van der Waals surface area contributed by atoms with Crippen LogP contribution in [0.1, 0.15) is 11.1 Å². The van der Waals surface area contributed by atoms with Gasteiger partial charge in [-0.2, -0.15) is 0 Å². The summed E-state index contributed by atoms with van der Waals surface area (Å²) in [5.41, 5.74) is 4.94. The summed E-state index contributed by atoms with van der Waals surface area (Å²) in [6.45, 7) is 8.76. The fourth-order valence-corrected chi connectivity index (χ4v) is 3.87. The Kier molecular flexibility index (Phi) is 3.95. The second kappa shape index (κ2) is 5.49. The number of rotatable bonds is 4. The molecule has 0 aromatic heterocycles. The molecule has 0 aliphatic heterocycles. The van der Waals surface area contributed by atoms with Crippen LogP contribution in [0.25, 0.3) is 0 Å². The topological polar surface area (TPSA) is 24.1 Å². The maximum Gasteiger partial charge on any atom is 0.252 e. The van der Waals surface area contributed by atoms with Crippen molar-refractivity contribution in [2.75, 3.05) is 9.96 Å². The Morgan fingerprint density at radius 3 is 1.26 bits per heavy atom. The highest BCUT2D eigenvalue weighted by atomic mass is 28.3. The molecule has 0 fully saturated rings. The van der Waals surface area contributed by atoms with E-state index in [0.29, 0.717) is 0 Å². The molecule has 0 aliphatic carbocycles. The number of hydrogen-bond donors (Lipinski definition) is 2. The molecule has 2 aromatic carbocycles. The predicted octanol–water partition coefficient (Wildman–Crippen LogP) is 4.53. The van der Waals surface area contributed by atoms with E-state index in [-0.39, 0.29) is 0 Å². The number of anilines is 2. The van der Waals surface area contributed by atoms with E-state index >= 15 is 0 Å². The highest BCUT2D eigenvalue weighted by Gasteiger charge is 2.21. The summed E-state index contributed by atoms with van der Waals surface area (Å²) >= 11 is 0. The number of hydrogen-bond acceptors (Lipinski definition) is 2. The summed E-state index contributed by atoms with van der Waals surface area (Å²) < 4.78 is 0. The van der Waals surface area contributed by atoms with Crippen molar-refractivity contribution in [1.29, 1.82) is 0 Å². The van der Waals surface area contributed by atoms with Crippen molar-refractivity contribution in [2.24, 2.45) is 0 Å². The molecule has 0 unspecified atom stereocenters. The van der Waals surface area contributed by atoms with E-state index in [1.165, 1.54) is 22.5 Å². The van der Waals surface area contributed by atoms with Gasteiger partial charge in [0.05, 0.1) is 0 Å². The highest BCUT2D eigenvalue weighted by Crippen LogP contribution is 2.17. The van der Waals surface area contributed by atoms with E-state index in [0.717, 1.165) is 0 Å². The number of nitrogens with one attached hydrogen (secondary N) is 2. The predicted molar refractivity (Wildman–Crippen MR) is 87.1 cm³/mol. The van der Waals surface area contributed by atoms with Crippen molar-refractivity contribution < 1.29 is 0 Å². The first-order valence-corrected chi connectivity index (χ1v) is 9.64. The first kappa shape index (κ1) is 13.7. The van der Waals surface area contributed by atoms with Crippen LogP contribution in [0.4, 0.5) is 11.4 Å². The Balaban J connectivity index is 2.05. The minimum absolute atomic E-state index is 1.18. The van der Waals surface area contributed by atoms with Gasteiger partial charge in [-0.3, -0.25) is 0 Å². The Hall–Kier alpha value is -1.74. The Morgan fingerprint density at radius 2 is 0.947 bits per heavy atom. The summed E-state index contributed by atoms with van der Waals surface area (Å²) in [5.74, 6) is 0. The Morgan fingerprint density at radius 1 is 0.632 bits per heavy atom. The summed E-state index contributed by atoms with van der Waals surface area (Å²) in [5, 5.41) is 0. The van der Waals surface area contributed by atoms with E-state index in [1.807, 2.05) is 0 Å². The van der Waals surface area contributed by atoms with Gasteiger partial charge in [0, 0.05) is 11.4 Å². The van der Waals surface area contributed by atoms with Crippen LogP contribution in [0, 0.1) is 13.8 Å². The lowest BCUT2D eigenvalue weighted by Crippen LogP contribution is -2.45. The SMILES string of the molecule is Cc1ccc(N[Si](C)(C)Nc2ccc(C)cc2)cc1. The van der Waals surface area contributed by atoms with Crippen molar-refractivity contribution in [3.05, 3.63) is 59.7 Å². The molecule has 0 amide bonds. The molecule has 2 nitrogen and oxygen atoms in total. The average Bonchev–Trinajstić information content (AvgIpc) is 2.34. The summed E-state index contributed by atoms with van der Waals surface area (Å²) in [7, 11) is -1.72. The molecule has 2 aromatic rings. The third kappa shape index (κ3) is 4.14. The Bertz CT molecular complexity index is 480. The fourth-order valence-electron chi connectivity index (χ4n) is 2.03. The molecule has 2 N–H and O–H groups in total. The molecule has 0 bridgehead atoms. The normalized spacial score (nSPS) is 11.2. The number of benzene rings is 2. The molecule has 0 spiro atoms. The van der Waals surface area contributed by atoms with Gasteiger partial charge >= 0.3 is 0 Å². The molecule has 3 heteroatoms. The molecule has 2 rings (SSSR count). The van der Waals surface area contributed by atoms with Crippen molar-refractivity contribution in [3.8, 4) is 0 Å². The van der Waals surface area contributed by atoms with E-state index in [1.54, 1.807) is 0 Å². The second-order valence-electron chi connectivity index (χ2n) is 5.61. The van der Waals surface area contributed by atoms with E-state index < -0.39 is 8.40 Å². The smallest absolute Gasteiger partial charge is 0.252 e. The fraction of sp³-hybridized carbons (Fsp3) is 0.250. The molecular formula is C16H22N2Si. The van der Waals surface area contributed by atoms with Crippen molar-refractivity contribution in [1.82, 2.24) is 0 Å². The first-order chi connectivity index (χ1) is 8.94. The van der Waals surface area contributed by atoms with Crippen molar-refractivity contribution in [2.45, 2.75) is 26.9 Å². The van der Waals surface area contributed by atoms with Crippen LogP contribution in [-0.2, 0) is 0 Å². The lowest BCUT2D eigenvalue weighted by atomic mass is 10.2. The van der Waals surface area contributed by atoms with Gasteiger partial charge in [0.1, 0.15) is 0 Å². The van der Waals surface area contributed by atoms with Crippen LogP contribution < -0.4 is 9.96 Å². The van der Waals surface area contributed by atoms with Gasteiger partial charge in [-0.1, -0.05) is 35.4 Å². The third-order valence-corrected chi connectivity index (χ3v) is 4.84. The zero-order valence-corrected chi connectivity index (χ0v) is 13.1. The molecule has 0 saturated heterocycles. The minimum Gasteiger partial charge on any atom is -0.395 e. The minimum atomic E-state index is -1.72. The molecule has 0 atom stereocenters. The van der Waals surface area contributed by atoms with Gasteiger partial charge in [0.15, 0.2) is 0 Å². The van der Waals surface area contributed by atoms with Crippen LogP contribution in [0.2, 0.25) is 13.1 Å². The molecule has 0 saturated carbocycles. The van der Waals surface area contributed by atoms with Crippen molar-refractivity contribution in [3.63, 3.8) is 0 Å². The monoisotopic (exact) mass is 270 g/mol. The van der Waals surface area contributed by atoms with E-state index in [9.17, 15) is 0 Å². The summed E-state index contributed by atoms with van der Waals surface area (Å²) in [6, 6.07) is 17.1.